The van der Waals surface area contributed by atoms with E-state index < -0.39 is 23.0 Å². The van der Waals surface area contributed by atoms with E-state index in [9.17, 15) is 18.4 Å². The third-order valence-electron chi connectivity index (χ3n) is 5.92. The summed E-state index contributed by atoms with van der Waals surface area (Å²) in [5, 5.41) is 2.87. The van der Waals surface area contributed by atoms with Gasteiger partial charge in [0.25, 0.3) is 11.3 Å². The van der Waals surface area contributed by atoms with Gasteiger partial charge >= 0.3 is 6.09 Å². The molecule has 1 amide bonds. The van der Waals surface area contributed by atoms with Gasteiger partial charge in [-0.1, -0.05) is 44.2 Å². The molecule has 0 radical (unpaired) electrons. The third kappa shape index (κ3) is 9.09. The summed E-state index contributed by atoms with van der Waals surface area (Å²) in [6.45, 7) is 13.4. The molecule has 220 valence electrons. The molecule has 2 aromatic carbocycles. The van der Waals surface area contributed by atoms with E-state index in [-0.39, 0.29) is 36.1 Å². The highest BCUT2D eigenvalue weighted by atomic mass is 32.2. The third-order valence-corrected chi connectivity index (χ3v) is 6.60. The van der Waals surface area contributed by atoms with Crippen molar-refractivity contribution in [3.63, 3.8) is 0 Å². The number of carbonyl (C=O) groups excluding carboxylic acids is 2. The molecule has 0 aliphatic rings. The first-order valence-electron chi connectivity index (χ1n) is 13.3. The number of aromatic nitrogens is 2. The molecule has 3 rings (SSSR count). The SMILES string of the molecule is Cc1cccc(C)c1-c1cc(OC[C@@H](CC(C)C)NC(=O)OC(C)(C)C)nc(N(c2cccc(C=O)c2)S(=O)O)n1. The highest BCUT2D eigenvalue weighted by molar-refractivity contribution is 7.81. The summed E-state index contributed by atoms with van der Waals surface area (Å²) in [5.74, 6) is 0.306. The Hall–Kier alpha value is -3.83. The van der Waals surface area contributed by atoms with E-state index in [1.54, 1.807) is 45.0 Å². The van der Waals surface area contributed by atoms with Gasteiger partial charge in [-0.25, -0.2) is 18.3 Å². The second kappa shape index (κ2) is 13.7. The van der Waals surface area contributed by atoms with E-state index in [1.807, 2.05) is 45.9 Å². The van der Waals surface area contributed by atoms with Crippen LogP contribution in [0.1, 0.15) is 62.5 Å². The van der Waals surface area contributed by atoms with Crippen LogP contribution in [0, 0.1) is 19.8 Å². The first-order chi connectivity index (χ1) is 19.3. The standard InChI is InChI=1S/C30H38N4O6S/c1-19(2)14-23(31-29(36)40-30(5,6)7)18-39-26-16-25(27-20(3)10-8-11-21(27)4)32-28(33-26)34(41(37)38)24-13-9-12-22(15-24)17-35/h8-13,15-17,19,23H,14,18H2,1-7H3,(H,31,36)(H,37,38)/t23-/m1/s1. The second-order valence-corrected chi connectivity index (χ2v) is 12.0. The van der Waals surface area contributed by atoms with Crippen LogP contribution >= 0.6 is 0 Å². The van der Waals surface area contributed by atoms with Crippen LogP contribution in [0.5, 0.6) is 5.88 Å². The largest absolute Gasteiger partial charge is 0.475 e. The maximum absolute atomic E-state index is 12.6. The molecule has 0 aliphatic heterocycles. The predicted octanol–water partition coefficient (Wildman–Crippen LogP) is 6.17. The van der Waals surface area contributed by atoms with Crippen LogP contribution in [0.2, 0.25) is 0 Å². The van der Waals surface area contributed by atoms with Crippen molar-refractivity contribution in [1.82, 2.24) is 15.3 Å². The average molecular weight is 583 g/mol. The number of anilines is 2. The van der Waals surface area contributed by atoms with Gasteiger partial charge in [-0.05, 0) is 70.2 Å². The highest BCUT2D eigenvalue weighted by Gasteiger charge is 2.24. The van der Waals surface area contributed by atoms with Gasteiger partial charge in [0.05, 0.1) is 17.4 Å². The van der Waals surface area contributed by atoms with Gasteiger partial charge in [-0.2, -0.15) is 4.98 Å². The van der Waals surface area contributed by atoms with Crippen LogP contribution in [0.4, 0.5) is 16.4 Å². The minimum atomic E-state index is -2.57. The number of hydrogen-bond donors (Lipinski definition) is 2. The van der Waals surface area contributed by atoms with Gasteiger partial charge in [0.2, 0.25) is 11.8 Å². The first kappa shape index (κ1) is 31.7. The van der Waals surface area contributed by atoms with E-state index >= 15 is 0 Å². The molecule has 0 bridgehead atoms. The summed E-state index contributed by atoms with van der Waals surface area (Å²) in [6.07, 6.45) is 0.715. The lowest BCUT2D eigenvalue weighted by atomic mass is 10.00. The number of aldehydes is 1. The zero-order valence-electron chi connectivity index (χ0n) is 24.5. The summed E-state index contributed by atoms with van der Waals surface area (Å²) in [5.41, 5.74) is 3.14. The normalized spacial score (nSPS) is 12.9. The van der Waals surface area contributed by atoms with Crippen LogP contribution in [-0.2, 0) is 16.0 Å². The Morgan fingerprint density at radius 2 is 1.76 bits per heavy atom. The Morgan fingerprint density at radius 1 is 1.10 bits per heavy atom. The summed E-state index contributed by atoms with van der Waals surface area (Å²) in [6, 6.07) is 13.4. The molecule has 1 unspecified atom stereocenters. The van der Waals surface area contributed by atoms with E-state index in [1.165, 1.54) is 6.07 Å². The van der Waals surface area contributed by atoms with Crippen LogP contribution in [0.25, 0.3) is 11.3 Å². The Kier molecular flexibility index (Phi) is 10.6. The number of nitrogens with zero attached hydrogens (tertiary/aromatic N) is 3. The fourth-order valence-electron chi connectivity index (χ4n) is 4.32. The molecular formula is C30H38N4O6S. The minimum Gasteiger partial charge on any atom is -0.475 e. The number of amides is 1. The predicted molar refractivity (Wildman–Crippen MR) is 160 cm³/mol. The summed E-state index contributed by atoms with van der Waals surface area (Å²) in [4.78, 5) is 33.0. The van der Waals surface area contributed by atoms with E-state index in [0.717, 1.165) is 21.0 Å². The van der Waals surface area contributed by atoms with Crippen molar-refractivity contribution >= 4 is 35.3 Å². The van der Waals surface area contributed by atoms with Gasteiger partial charge in [0.15, 0.2) is 0 Å². The van der Waals surface area contributed by atoms with Gasteiger partial charge in [0, 0.05) is 17.2 Å². The van der Waals surface area contributed by atoms with Gasteiger partial charge in [-0.15, -0.1) is 0 Å². The summed E-state index contributed by atoms with van der Waals surface area (Å²) < 4.78 is 35.4. The van der Waals surface area contributed by atoms with Crippen molar-refractivity contribution in [2.75, 3.05) is 10.9 Å². The van der Waals surface area contributed by atoms with Crippen LogP contribution in [0.3, 0.4) is 0 Å². The van der Waals surface area contributed by atoms with E-state index in [0.29, 0.717) is 24.0 Å². The number of nitrogens with one attached hydrogen (secondary N) is 1. The summed E-state index contributed by atoms with van der Waals surface area (Å²) >= 11 is -2.57. The lowest BCUT2D eigenvalue weighted by Crippen LogP contribution is -2.42. The van der Waals surface area contributed by atoms with Crippen molar-refractivity contribution in [2.24, 2.45) is 5.92 Å². The molecule has 1 heterocycles. The highest BCUT2D eigenvalue weighted by Crippen LogP contribution is 2.32. The molecule has 0 saturated heterocycles. The number of hydrogen-bond acceptors (Lipinski definition) is 7. The maximum atomic E-state index is 12.6. The molecule has 0 spiro atoms. The molecule has 2 atom stereocenters. The number of ether oxygens (including phenoxy) is 2. The molecule has 10 nitrogen and oxygen atoms in total. The second-order valence-electron chi connectivity index (χ2n) is 11.2. The first-order valence-corrected chi connectivity index (χ1v) is 14.4. The lowest BCUT2D eigenvalue weighted by molar-refractivity contribution is 0.0479. The molecule has 0 aliphatic carbocycles. The van der Waals surface area contributed by atoms with E-state index in [2.05, 4.69) is 15.3 Å². The molecule has 1 aromatic heterocycles. The van der Waals surface area contributed by atoms with Crippen molar-refractivity contribution in [2.45, 2.75) is 66.5 Å². The maximum Gasteiger partial charge on any atom is 0.407 e. The molecule has 11 heteroatoms. The van der Waals surface area contributed by atoms with Crippen molar-refractivity contribution in [3.8, 4) is 17.1 Å². The molecule has 41 heavy (non-hydrogen) atoms. The average Bonchev–Trinajstić information content (AvgIpc) is 2.86. The molecule has 0 saturated carbocycles. The van der Waals surface area contributed by atoms with Gasteiger partial charge in [0.1, 0.15) is 18.5 Å². The van der Waals surface area contributed by atoms with Gasteiger partial charge < -0.3 is 14.8 Å². The lowest BCUT2D eigenvalue weighted by Gasteiger charge is -2.25. The van der Waals surface area contributed by atoms with Crippen LogP contribution < -0.4 is 14.4 Å². The number of aryl methyl sites for hydroxylation is 2. The number of alkyl carbamates (subject to hydrolysis) is 1. The number of benzene rings is 2. The fourth-order valence-corrected chi connectivity index (χ4v) is 4.84. The molecule has 0 fully saturated rings. The van der Waals surface area contributed by atoms with Crippen LogP contribution in [0.15, 0.2) is 48.5 Å². The molecule has 2 N–H and O–H groups in total. The van der Waals surface area contributed by atoms with Gasteiger partial charge in [-0.3, -0.25) is 9.35 Å². The summed E-state index contributed by atoms with van der Waals surface area (Å²) in [7, 11) is 0. The Labute approximate surface area is 243 Å². The fraction of sp³-hybridized carbons (Fsp3) is 0.400. The molecule has 3 aromatic rings. The van der Waals surface area contributed by atoms with Crippen molar-refractivity contribution in [3.05, 3.63) is 65.2 Å². The number of carbonyl (C=O) groups is 2. The van der Waals surface area contributed by atoms with Crippen LogP contribution in [-0.4, -0.2) is 49.4 Å². The zero-order valence-corrected chi connectivity index (χ0v) is 25.3. The quantitative estimate of drug-likeness (QED) is 0.203. The zero-order chi connectivity index (χ0) is 30.3. The topological polar surface area (TPSA) is 131 Å². The van der Waals surface area contributed by atoms with E-state index in [4.69, 9.17) is 9.47 Å². The van der Waals surface area contributed by atoms with Crippen molar-refractivity contribution in [1.29, 1.82) is 0 Å². The molecular weight excluding hydrogens is 544 g/mol. The Morgan fingerprint density at radius 3 is 2.34 bits per heavy atom. The smallest absolute Gasteiger partial charge is 0.407 e. The van der Waals surface area contributed by atoms with Crippen molar-refractivity contribution < 1.29 is 27.8 Å². The minimum absolute atomic E-state index is 0.0723. The Balaban J connectivity index is 2.06. The number of rotatable bonds is 11. The monoisotopic (exact) mass is 582 g/mol. The Bertz CT molecular complexity index is 1390.